The van der Waals surface area contributed by atoms with Crippen LogP contribution in [-0.4, -0.2) is 68.3 Å². The van der Waals surface area contributed by atoms with Gasteiger partial charge in [0.2, 0.25) is 15.9 Å². The molecule has 1 aromatic heterocycles. The lowest BCUT2D eigenvalue weighted by Crippen LogP contribution is -2.40. The van der Waals surface area contributed by atoms with Gasteiger partial charge in [0.05, 0.1) is 11.4 Å². The van der Waals surface area contributed by atoms with E-state index in [0.29, 0.717) is 42.9 Å². The van der Waals surface area contributed by atoms with Crippen LogP contribution in [0, 0.1) is 0 Å². The molecule has 1 amide bonds. The first-order chi connectivity index (χ1) is 12.0. The Kier molecular flexibility index (Phi) is 5.31. The number of nitrogens with one attached hydrogen (secondary N) is 1. The molecule has 0 radical (unpaired) electrons. The van der Waals surface area contributed by atoms with E-state index < -0.39 is 10.0 Å². The first-order valence-electron chi connectivity index (χ1n) is 8.29. The monoisotopic (exact) mass is 362 g/mol. The Morgan fingerprint density at radius 1 is 1.20 bits per heavy atom. The number of nitrogens with zero attached hydrogens (tertiary/aromatic N) is 3. The molecule has 0 unspecified atom stereocenters. The van der Waals surface area contributed by atoms with Crippen molar-refractivity contribution in [1.82, 2.24) is 19.5 Å². The summed E-state index contributed by atoms with van der Waals surface area (Å²) in [5, 5.41) is 4.31. The number of carbonyl (C=O) groups excluding carboxylic acids is 1. The quantitative estimate of drug-likeness (QED) is 0.865. The molecule has 1 N–H and O–H groups in total. The lowest BCUT2D eigenvalue weighted by atomic mass is 10.2. The highest BCUT2D eigenvalue weighted by Crippen LogP contribution is 2.25. The van der Waals surface area contributed by atoms with Gasteiger partial charge in [-0.15, -0.1) is 0 Å². The van der Waals surface area contributed by atoms with Gasteiger partial charge < -0.3 is 10.2 Å². The van der Waals surface area contributed by atoms with Crippen molar-refractivity contribution < 1.29 is 13.2 Å². The van der Waals surface area contributed by atoms with Gasteiger partial charge in [0.15, 0.2) is 0 Å². The van der Waals surface area contributed by atoms with Crippen LogP contribution in [0.25, 0.3) is 10.8 Å². The van der Waals surface area contributed by atoms with Crippen molar-refractivity contribution in [3.63, 3.8) is 0 Å². The molecule has 1 aliphatic heterocycles. The third kappa shape index (κ3) is 3.65. The van der Waals surface area contributed by atoms with E-state index in [1.807, 2.05) is 6.07 Å². The smallest absolute Gasteiger partial charge is 0.243 e. The summed E-state index contributed by atoms with van der Waals surface area (Å²) in [5.41, 5.74) is 0. The molecule has 25 heavy (non-hydrogen) atoms. The topological polar surface area (TPSA) is 82.6 Å². The number of pyridine rings is 1. The standard InChI is InChI=1S/C17H22N4O3S/c1-18-13-17(22)20-8-3-9-21(11-10-20)25(23,24)16-5-2-4-14-12-19-7-6-15(14)16/h2,4-7,12,18H,3,8-11,13H2,1H3. The molecule has 8 heteroatoms. The van der Waals surface area contributed by atoms with Gasteiger partial charge in [-0.3, -0.25) is 9.78 Å². The number of sulfonamides is 1. The van der Waals surface area contributed by atoms with Crippen molar-refractivity contribution in [2.45, 2.75) is 11.3 Å². The van der Waals surface area contributed by atoms with Crippen molar-refractivity contribution in [3.05, 3.63) is 36.7 Å². The van der Waals surface area contributed by atoms with Crippen molar-refractivity contribution in [2.24, 2.45) is 0 Å². The van der Waals surface area contributed by atoms with E-state index in [0.717, 1.165) is 5.39 Å². The third-order valence-corrected chi connectivity index (χ3v) is 6.35. The summed E-state index contributed by atoms with van der Waals surface area (Å²) in [6.45, 7) is 1.97. The number of amides is 1. The maximum absolute atomic E-state index is 13.1. The largest absolute Gasteiger partial charge is 0.340 e. The van der Waals surface area contributed by atoms with Crippen LogP contribution in [-0.2, 0) is 14.8 Å². The minimum atomic E-state index is -3.62. The van der Waals surface area contributed by atoms with Crippen LogP contribution in [0.5, 0.6) is 0 Å². The molecular weight excluding hydrogens is 340 g/mol. The predicted octanol–water partition coefficient (Wildman–Crippen LogP) is 0.677. The zero-order valence-corrected chi connectivity index (χ0v) is 15.0. The zero-order chi connectivity index (χ0) is 17.9. The number of carbonyl (C=O) groups is 1. The van der Waals surface area contributed by atoms with Crippen molar-refractivity contribution >= 4 is 26.7 Å². The first-order valence-corrected chi connectivity index (χ1v) is 9.73. The summed E-state index contributed by atoms with van der Waals surface area (Å²) in [7, 11) is -1.90. The number of aromatic nitrogens is 1. The second-order valence-corrected chi connectivity index (χ2v) is 7.93. The second kappa shape index (κ2) is 7.47. The summed E-state index contributed by atoms with van der Waals surface area (Å²) in [4.78, 5) is 18.1. The minimum Gasteiger partial charge on any atom is -0.340 e. The molecule has 0 bridgehead atoms. The number of fused-ring (bicyclic) bond motifs is 1. The van der Waals surface area contributed by atoms with Crippen LogP contribution in [0.2, 0.25) is 0 Å². The van der Waals surface area contributed by atoms with Gasteiger partial charge in [0.25, 0.3) is 0 Å². The minimum absolute atomic E-state index is 0.00187. The predicted molar refractivity (Wildman–Crippen MR) is 95.6 cm³/mol. The Balaban J connectivity index is 1.86. The molecule has 2 heterocycles. The molecule has 1 aromatic carbocycles. The van der Waals surface area contributed by atoms with E-state index in [2.05, 4.69) is 10.3 Å². The zero-order valence-electron chi connectivity index (χ0n) is 14.2. The highest BCUT2D eigenvalue weighted by atomic mass is 32.2. The van der Waals surface area contributed by atoms with Crippen LogP contribution in [0.15, 0.2) is 41.6 Å². The molecule has 134 valence electrons. The fraction of sp³-hybridized carbons (Fsp3) is 0.412. The van der Waals surface area contributed by atoms with Crippen LogP contribution < -0.4 is 5.32 Å². The van der Waals surface area contributed by atoms with E-state index in [4.69, 9.17) is 0 Å². The number of benzene rings is 1. The first kappa shape index (κ1) is 17.8. The van der Waals surface area contributed by atoms with Crippen LogP contribution in [0.4, 0.5) is 0 Å². The average Bonchev–Trinajstić information content (AvgIpc) is 2.88. The molecule has 1 aliphatic rings. The van der Waals surface area contributed by atoms with E-state index in [1.54, 1.807) is 42.5 Å². The fourth-order valence-electron chi connectivity index (χ4n) is 3.10. The van der Waals surface area contributed by atoms with Gasteiger partial charge >= 0.3 is 0 Å². The average molecular weight is 362 g/mol. The Bertz CT molecular complexity index is 864. The Labute approximate surface area is 147 Å². The molecule has 0 atom stereocenters. The summed E-state index contributed by atoms with van der Waals surface area (Å²) in [5.74, 6) is -0.00187. The molecule has 3 rings (SSSR count). The van der Waals surface area contributed by atoms with Gasteiger partial charge in [0.1, 0.15) is 0 Å². The summed E-state index contributed by atoms with van der Waals surface area (Å²) in [6, 6.07) is 6.94. The lowest BCUT2D eigenvalue weighted by molar-refractivity contribution is -0.129. The molecule has 1 fully saturated rings. The van der Waals surface area contributed by atoms with E-state index >= 15 is 0 Å². The number of hydrogen-bond donors (Lipinski definition) is 1. The lowest BCUT2D eigenvalue weighted by Gasteiger charge is -2.22. The molecular formula is C17H22N4O3S. The SMILES string of the molecule is CNCC(=O)N1CCCN(S(=O)(=O)c2cccc3cnccc23)CC1. The van der Waals surface area contributed by atoms with Gasteiger partial charge in [-0.05, 0) is 25.6 Å². The van der Waals surface area contributed by atoms with E-state index in [-0.39, 0.29) is 12.5 Å². The molecule has 7 nitrogen and oxygen atoms in total. The molecule has 0 aliphatic carbocycles. The Morgan fingerprint density at radius 3 is 2.84 bits per heavy atom. The van der Waals surface area contributed by atoms with Crippen LogP contribution in [0.1, 0.15) is 6.42 Å². The molecule has 0 saturated carbocycles. The summed E-state index contributed by atoms with van der Waals surface area (Å²) >= 11 is 0. The number of likely N-dealkylation sites (N-methyl/N-ethyl adjacent to an activating group) is 1. The molecule has 0 spiro atoms. The Morgan fingerprint density at radius 2 is 2.04 bits per heavy atom. The summed E-state index contributed by atoms with van der Waals surface area (Å²) in [6.07, 6.45) is 3.89. The van der Waals surface area contributed by atoms with Gasteiger partial charge in [-0.1, -0.05) is 12.1 Å². The van der Waals surface area contributed by atoms with Crippen LogP contribution in [0.3, 0.4) is 0 Å². The van der Waals surface area contributed by atoms with Gasteiger partial charge in [0, 0.05) is 49.3 Å². The van der Waals surface area contributed by atoms with Gasteiger partial charge in [-0.25, -0.2) is 8.42 Å². The van der Waals surface area contributed by atoms with Crippen LogP contribution >= 0.6 is 0 Å². The van der Waals surface area contributed by atoms with Crippen molar-refractivity contribution in [2.75, 3.05) is 39.8 Å². The van der Waals surface area contributed by atoms with E-state index in [1.165, 1.54) is 4.31 Å². The second-order valence-electron chi connectivity index (χ2n) is 6.02. The number of hydrogen-bond acceptors (Lipinski definition) is 5. The van der Waals surface area contributed by atoms with E-state index in [9.17, 15) is 13.2 Å². The normalized spacial score (nSPS) is 16.8. The van der Waals surface area contributed by atoms with Crippen molar-refractivity contribution in [1.29, 1.82) is 0 Å². The number of rotatable bonds is 4. The maximum Gasteiger partial charge on any atom is 0.243 e. The molecule has 1 saturated heterocycles. The Hall–Kier alpha value is -2.03. The molecule has 2 aromatic rings. The third-order valence-electron chi connectivity index (χ3n) is 4.39. The van der Waals surface area contributed by atoms with Crippen molar-refractivity contribution in [3.8, 4) is 0 Å². The highest BCUT2D eigenvalue weighted by Gasteiger charge is 2.29. The summed E-state index contributed by atoms with van der Waals surface area (Å²) < 4.78 is 27.8. The van der Waals surface area contributed by atoms with Gasteiger partial charge in [-0.2, -0.15) is 4.31 Å². The maximum atomic E-state index is 13.1. The highest BCUT2D eigenvalue weighted by molar-refractivity contribution is 7.89. The fourth-order valence-corrected chi connectivity index (χ4v) is 4.79.